The van der Waals surface area contributed by atoms with Crippen molar-refractivity contribution in [1.29, 1.82) is 0 Å². The Balaban J connectivity index is 2.30. The Kier molecular flexibility index (Phi) is 3.99. The van der Waals surface area contributed by atoms with Crippen LogP contribution in [0.25, 0.3) is 0 Å². The minimum atomic E-state index is -0.745. The largest absolute Gasteiger partial charge is 0.384 e. The highest BCUT2D eigenvalue weighted by atomic mass is 79.9. The Morgan fingerprint density at radius 3 is 2.60 bits per heavy atom. The van der Waals surface area contributed by atoms with Crippen molar-refractivity contribution >= 4 is 33.3 Å². The minimum Gasteiger partial charge on any atom is -0.384 e. The highest BCUT2D eigenvalue weighted by Crippen LogP contribution is 2.24. The molecule has 0 saturated heterocycles. The summed E-state index contributed by atoms with van der Waals surface area (Å²) >= 11 is 2.86. The maximum Gasteiger partial charge on any atom is 0.255 e. The number of nitrogens with one attached hydrogen (secondary N) is 1. The third-order valence-electron chi connectivity index (χ3n) is 2.49. The maximum atomic E-state index is 13.6. The number of nitrogen functional groups attached to an aromatic ring is 1. The molecule has 104 valence electrons. The molecule has 0 saturated carbocycles. The summed E-state index contributed by atoms with van der Waals surface area (Å²) in [6, 6.07) is 4.69. The molecule has 1 aromatic heterocycles. The number of nitrogens with two attached hydrogens (primary N) is 1. The van der Waals surface area contributed by atoms with Gasteiger partial charge in [0, 0.05) is 17.3 Å². The van der Waals surface area contributed by atoms with Crippen LogP contribution in [0.1, 0.15) is 16.1 Å². The number of carbonyl (C=O) groups excluding carboxylic acids is 1. The molecule has 1 aromatic carbocycles. The van der Waals surface area contributed by atoms with Gasteiger partial charge in [0.05, 0.1) is 10.2 Å². The molecule has 1 heterocycles. The van der Waals surface area contributed by atoms with Crippen LogP contribution in [0.2, 0.25) is 0 Å². The highest BCUT2D eigenvalue weighted by Gasteiger charge is 2.13. The average Bonchev–Trinajstić information content (AvgIpc) is 2.34. The molecule has 0 spiro atoms. The fourth-order valence-corrected chi connectivity index (χ4v) is 1.95. The molecule has 4 nitrogen and oxygen atoms in total. The van der Waals surface area contributed by atoms with Gasteiger partial charge < -0.3 is 11.1 Å². The number of pyridine rings is 1. The van der Waals surface area contributed by atoms with Gasteiger partial charge in [-0.3, -0.25) is 4.79 Å². The number of amides is 1. The van der Waals surface area contributed by atoms with Crippen molar-refractivity contribution in [2.24, 2.45) is 0 Å². The van der Waals surface area contributed by atoms with E-state index in [1.165, 1.54) is 12.1 Å². The van der Waals surface area contributed by atoms with E-state index in [9.17, 15) is 13.6 Å². The fourth-order valence-electron chi connectivity index (χ4n) is 1.64. The van der Waals surface area contributed by atoms with Crippen molar-refractivity contribution in [3.63, 3.8) is 0 Å². The lowest BCUT2D eigenvalue weighted by atomic mass is 10.2. The summed E-state index contributed by atoms with van der Waals surface area (Å²) in [5.41, 5.74) is 6.06. The number of hydrogen-bond acceptors (Lipinski definition) is 3. The van der Waals surface area contributed by atoms with Gasteiger partial charge in [0.1, 0.15) is 17.5 Å². The van der Waals surface area contributed by atoms with Crippen LogP contribution in [-0.2, 0) is 0 Å². The predicted octanol–water partition coefficient (Wildman–Crippen LogP) is 3.27. The Bertz CT molecular complexity index is 671. The standard InChI is InChI=1S/C13H10BrF2N3O/c1-6-2-7(3-12(17)18-6)13(20)19-11-5-9(15)8(14)4-10(11)16/h2-5H,1H3,(H2,17,18)(H,19,20). The number of aryl methyl sites for hydroxylation is 1. The second-order valence-electron chi connectivity index (χ2n) is 4.12. The topological polar surface area (TPSA) is 68.0 Å². The monoisotopic (exact) mass is 341 g/mol. The summed E-state index contributed by atoms with van der Waals surface area (Å²) < 4.78 is 26.9. The Morgan fingerprint density at radius 1 is 1.25 bits per heavy atom. The van der Waals surface area contributed by atoms with Gasteiger partial charge >= 0.3 is 0 Å². The second kappa shape index (κ2) is 5.54. The highest BCUT2D eigenvalue weighted by molar-refractivity contribution is 9.10. The molecule has 2 aromatic rings. The average molecular weight is 342 g/mol. The number of benzene rings is 1. The van der Waals surface area contributed by atoms with Crippen LogP contribution in [-0.4, -0.2) is 10.9 Å². The summed E-state index contributed by atoms with van der Waals surface area (Å²) in [5.74, 6) is -1.84. The summed E-state index contributed by atoms with van der Waals surface area (Å²) in [5, 5.41) is 2.29. The Morgan fingerprint density at radius 2 is 1.95 bits per heavy atom. The summed E-state index contributed by atoms with van der Waals surface area (Å²) in [4.78, 5) is 15.9. The van der Waals surface area contributed by atoms with Crippen LogP contribution in [0.5, 0.6) is 0 Å². The molecule has 0 radical (unpaired) electrons. The first-order valence-corrected chi connectivity index (χ1v) is 6.36. The number of anilines is 2. The molecule has 0 atom stereocenters. The molecular formula is C13H10BrF2N3O. The van der Waals surface area contributed by atoms with Crippen molar-refractivity contribution in [3.05, 3.63) is 51.6 Å². The molecule has 2 rings (SSSR count). The lowest BCUT2D eigenvalue weighted by Crippen LogP contribution is -2.14. The Labute approximate surface area is 122 Å². The number of aromatic nitrogens is 1. The smallest absolute Gasteiger partial charge is 0.255 e. The molecule has 0 fully saturated rings. The molecule has 3 N–H and O–H groups in total. The van der Waals surface area contributed by atoms with E-state index in [4.69, 9.17) is 5.73 Å². The lowest BCUT2D eigenvalue weighted by molar-refractivity contribution is 0.102. The molecule has 0 aliphatic carbocycles. The third kappa shape index (κ3) is 3.11. The van der Waals surface area contributed by atoms with Crippen LogP contribution >= 0.6 is 15.9 Å². The molecule has 0 aliphatic heterocycles. The molecule has 0 unspecified atom stereocenters. The fraction of sp³-hybridized carbons (Fsp3) is 0.0769. The third-order valence-corrected chi connectivity index (χ3v) is 3.10. The van der Waals surface area contributed by atoms with Crippen LogP contribution < -0.4 is 11.1 Å². The van der Waals surface area contributed by atoms with Crippen molar-refractivity contribution in [3.8, 4) is 0 Å². The van der Waals surface area contributed by atoms with E-state index < -0.39 is 17.5 Å². The number of halogens is 3. The van der Waals surface area contributed by atoms with Crippen molar-refractivity contribution in [1.82, 2.24) is 4.98 Å². The first-order valence-electron chi connectivity index (χ1n) is 5.57. The first-order chi connectivity index (χ1) is 9.36. The minimum absolute atomic E-state index is 0.0167. The van der Waals surface area contributed by atoms with E-state index in [0.29, 0.717) is 5.69 Å². The van der Waals surface area contributed by atoms with Gasteiger partial charge in [-0.15, -0.1) is 0 Å². The second-order valence-corrected chi connectivity index (χ2v) is 4.98. The molecule has 0 bridgehead atoms. The van der Waals surface area contributed by atoms with Gasteiger partial charge in [-0.1, -0.05) is 0 Å². The van der Waals surface area contributed by atoms with Gasteiger partial charge in [-0.05, 0) is 41.1 Å². The van der Waals surface area contributed by atoms with Gasteiger partial charge in [-0.2, -0.15) is 0 Å². The molecule has 0 aliphatic rings. The SMILES string of the molecule is Cc1cc(C(=O)Nc2cc(F)c(Br)cc2F)cc(N)n1. The van der Waals surface area contributed by atoms with Crippen LogP contribution in [0, 0.1) is 18.6 Å². The maximum absolute atomic E-state index is 13.6. The summed E-state index contributed by atoms with van der Waals surface area (Å²) in [7, 11) is 0. The number of nitrogens with zero attached hydrogens (tertiary/aromatic N) is 1. The van der Waals surface area contributed by atoms with Crippen molar-refractivity contribution < 1.29 is 13.6 Å². The van der Waals surface area contributed by atoms with Gasteiger partial charge in [0.15, 0.2) is 0 Å². The number of carbonyl (C=O) groups is 1. The van der Waals surface area contributed by atoms with Crippen LogP contribution in [0.15, 0.2) is 28.7 Å². The van der Waals surface area contributed by atoms with Gasteiger partial charge in [0.25, 0.3) is 5.91 Å². The number of hydrogen-bond donors (Lipinski definition) is 2. The molecule has 7 heteroatoms. The lowest BCUT2D eigenvalue weighted by Gasteiger charge is -2.08. The van der Waals surface area contributed by atoms with E-state index in [-0.39, 0.29) is 21.5 Å². The van der Waals surface area contributed by atoms with E-state index in [2.05, 4.69) is 26.2 Å². The van der Waals surface area contributed by atoms with Crippen LogP contribution in [0.3, 0.4) is 0 Å². The van der Waals surface area contributed by atoms with Gasteiger partial charge in [0.2, 0.25) is 0 Å². The molecular weight excluding hydrogens is 332 g/mol. The normalized spacial score (nSPS) is 10.4. The van der Waals surface area contributed by atoms with E-state index in [1.807, 2.05) is 0 Å². The van der Waals surface area contributed by atoms with Crippen molar-refractivity contribution in [2.45, 2.75) is 6.92 Å². The van der Waals surface area contributed by atoms with E-state index >= 15 is 0 Å². The first kappa shape index (κ1) is 14.4. The molecule has 20 heavy (non-hydrogen) atoms. The summed E-state index contributed by atoms with van der Waals surface area (Å²) in [6.45, 7) is 1.67. The zero-order chi connectivity index (χ0) is 14.9. The van der Waals surface area contributed by atoms with Crippen molar-refractivity contribution in [2.75, 3.05) is 11.1 Å². The van der Waals surface area contributed by atoms with E-state index in [1.54, 1.807) is 6.92 Å². The quantitative estimate of drug-likeness (QED) is 0.823. The molecule has 1 amide bonds. The zero-order valence-corrected chi connectivity index (χ0v) is 12.0. The van der Waals surface area contributed by atoms with Gasteiger partial charge in [-0.25, -0.2) is 13.8 Å². The Hall–Kier alpha value is -2.02. The number of rotatable bonds is 2. The summed E-state index contributed by atoms with van der Waals surface area (Å²) in [6.07, 6.45) is 0. The predicted molar refractivity (Wildman–Crippen MR) is 75.4 cm³/mol. The zero-order valence-electron chi connectivity index (χ0n) is 10.4. The van der Waals surface area contributed by atoms with Crippen LogP contribution in [0.4, 0.5) is 20.3 Å². The van der Waals surface area contributed by atoms with E-state index in [0.717, 1.165) is 12.1 Å².